The summed E-state index contributed by atoms with van der Waals surface area (Å²) in [6.07, 6.45) is 0. The van der Waals surface area contributed by atoms with Crippen molar-refractivity contribution in [2.24, 2.45) is 21.7 Å². The third-order valence-electron chi connectivity index (χ3n) is 3.28. The number of carbonyl (C=O) groups excluding carboxylic acids is 2. The molecule has 27 heavy (non-hydrogen) atoms. The number of ether oxygens (including phenoxy) is 1. The normalized spacial score (nSPS) is 13.2. The zero-order chi connectivity index (χ0) is 20.0. The Balaban J connectivity index is 2.19. The van der Waals surface area contributed by atoms with Crippen molar-refractivity contribution >= 4 is 34.9 Å². The summed E-state index contributed by atoms with van der Waals surface area (Å²) in [6.45, 7) is 3.07. The van der Waals surface area contributed by atoms with Gasteiger partial charge in [-0.2, -0.15) is 0 Å². The molecule has 0 radical (unpaired) electrons. The lowest BCUT2D eigenvalue weighted by Crippen LogP contribution is -2.32. The highest BCUT2D eigenvalue weighted by molar-refractivity contribution is 5.93. The van der Waals surface area contributed by atoms with Gasteiger partial charge in [-0.1, -0.05) is 12.1 Å². The third kappa shape index (κ3) is 5.56. The fourth-order valence-electron chi connectivity index (χ4n) is 1.80. The molecule has 1 aromatic heterocycles. The van der Waals surface area contributed by atoms with E-state index in [0.717, 1.165) is 0 Å². The number of anilines is 2. The van der Waals surface area contributed by atoms with Crippen LogP contribution in [-0.2, 0) is 9.59 Å². The van der Waals surface area contributed by atoms with Crippen molar-refractivity contribution in [1.29, 1.82) is 0 Å². The van der Waals surface area contributed by atoms with Gasteiger partial charge in [-0.15, -0.1) is 10.2 Å². The number of carbonyl (C=O) groups is 2. The summed E-state index contributed by atoms with van der Waals surface area (Å²) < 4.78 is 5.19. The molecule has 0 aliphatic carbocycles. The van der Waals surface area contributed by atoms with E-state index in [4.69, 9.17) is 21.9 Å². The van der Waals surface area contributed by atoms with E-state index in [1.807, 2.05) is 0 Å². The molecule has 142 valence electrons. The van der Waals surface area contributed by atoms with Gasteiger partial charge in [0, 0.05) is 0 Å². The van der Waals surface area contributed by atoms with Crippen LogP contribution in [0.1, 0.15) is 13.8 Å². The summed E-state index contributed by atoms with van der Waals surface area (Å²) in [5.41, 5.74) is 17.4. The molecule has 0 aliphatic rings. The SMILES string of the molecule is C[C@H](N)C(=O)Nc1ccc(/N=N/c2ccccc2OC(=O)[C@H](C)N)c(N)n1. The topological polar surface area (TPSA) is 171 Å². The number of amides is 1. The highest BCUT2D eigenvalue weighted by Crippen LogP contribution is 2.30. The van der Waals surface area contributed by atoms with Gasteiger partial charge in [0.25, 0.3) is 0 Å². The summed E-state index contributed by atoms with van der Waals surface area (Å²) >= 11 is 0. The van der Waals surface area contributed by atoms with Crippen LogP contribution in [-0.4, -0.2) is 28.9 Å². The van der Waals surface area contributed by atoms with Gasteiger partial charge < -0.3 is 27.3 Å². The molecule has 1 heterocycles. The number of pyridine rings is 1. The van der Waals surface area contributed by atoms with E-state index in [9.17, 15) is 9.59 Å². The van der Waals surface area contributed by atoms with Crippen LogP contribution in [0, 0.1) is 0 Å². The number of nitrogen functional groups attached to an aromatic ring is 1. The summed E-state index contributed by atoms with van der Waals surface area (Å²) in [5.74, 6) is -0.448. The second-order valence-corrected chi connectivity index (χ2v) is 5.76. The maximum absolute atomic E-state index is 11.7. The van der Waals surface area contributed by atoms with Gasteiger partial charge in [0.15, 0.2) is 11.6 Å². The van der Waals surface area contributed by atoms with Crippen molar-refractivity contribution in [3.8, 4) is 5.75 Å². The zero-order valence-corrected chi connectivity index (χ0v) is 14.9. The van der Waals surface area contributed by atoms with Gasteiger partial charge in [0.05, 0.1) is 6.04 Å². The minimum absolute atomic E-state index is 0.0614. The molecule has 0 spiro atoms. The second kappa shape index (κ2) is 8.83. The first-order chi connectivity index (χ1) is 12.8. The first kappa shape index (κ1) is 19.9. The third-order valence-corrected chi connectivity index (χ3v) is 3.28. The van der Waals surface area contributed by atoms with Crippen molar-refractivity contribution in [2.75, 3.05) is 11.1 Å². The largest absolute Gasteiger partial charge is 0.423 e. The smallest absolute Gasteiger partial charge is 0.328 e. The Kier molecular flexibility index (Phi) is 6.52. The Morgan fingerprint density at radius 3 is 2.33 bits per heavy atom. The first-order valence-electron chi connectivity index (χ1n) is 8.09. The highest BCUT2D eigenvalue weighted by Gasteiger charge is 2.13. The van der Waals surface area contributed by atoms with E-state index < -0.39 is 18.1 Å². The Bertz CT molecular complexity index is 865. The van der Waals surface area contributed by atoms with Crippen molar-refractivity contribution in [1.82, 2.24) is 4.98 Å². The maximum atomic E-state index is 11.7. The molecule has 0 saturated carbocycles. The monoisotopic (exact) mass is 371 g/mol. The van der Waals surface area contributed by atoms with Crippen LogP contribution in [0.2, 0.25) is 0 Å². The van der Waals surface area contributed by atoms with Crippen LogP contribution in [0.5, 0.6) is 5.75 Å². The molecule has 0 saturated heterocycles. The van der Waals surface area contributed by atoms with Crippen molar-refractivity contribution in [2.45, 2.75) is 25.9 Å². The highest BCUT2D eigenvalue weighted by atomic mass is 16.5. The summed E-state index contributed by atoms with van der Waals surface area (Å²) in [5, 5.41) is 10.6. The van der Waals surface area contributed by atoms with Crippen LogP contribution in [0.15, 0.2) is 46.6 Å². The van der Waals surface area contributed by atoms with Crippen LogP contribution < -0.4 is 27.3 Å². The standard InChI is InChI=1S/C17H21N7O3/c1-9(18)16(25)22-14-8-7-12(15(20)21-14)24-23-11-5-3-4-6-13(11)27-17(26)10(2)19/h3-10H,18-19H2,1-2H3,(H3,20,21,22,25)/b24-23+/t9-,10-/m0/s1. The minimum atomic E-state index is -0.770. The summed E-state index contributed by atoms with van der Waals surface area (Å²) in [4.78, 5) is 27.3. The van der Waals surface area contributed by atoms with Crippen molar-refractivity contribution in [3.05, 3.63) is 36.4 Å². The van der Waals surface area contributed by atoms with Gasteiger partial charge in [0.2, 0.25) is 5.91 Å². The quantitative estimate of drug-likeness (QED) is 0.339. The molecule has 10 nitrogen and oxygen atoms in total. The Hall–Kier alpha value is -3.37. The summed E-state index contributed by atoms with van der Waals surface area (Å²) in [7, 11) is 0. The number of hydrogen-bond donors (Lipinski definition) is 4. The molecular formula is C17H21N7O3. The van der Waals surface area contributed by atoms with Crippen molar-refractivity contribution < 1.29 is 14.3 Å². The number of nitrogens with one attached hydrogen (secondary N) is 1. The molecule has 10 heteroatoms. The molecular weight excluding hydrogens is 350 g/mol. The van der Waals surface area contributed by atoms with Crippen LogP contribution >= 0.6 is 0 Å². The Morgan fingerprint density at radius 2 is 1.70 bits per heavy atom. The minimum Gasteiger partial charge on any atom is -0.423 e. The lowest BCUT2D eigenvalue weighted by molar-refractivity contribution is -0.135. The Labute approximate surface area is 155 Å². The number of azo groups is 1. The maximum Gasteiger partial charge on any atom is 0.328 e. The number of benzene rings is 1. The molecule has 0 unspecified atom stereocenters. The van der Waals surface area contributed by atoms with E-state index in [1.54, 1.807) is 37.3 Å². The number of para-hydroxylation sites is 1. The number of rotatable bonds is 6. The van der Waals surface area contributed by atoms with Gasteiger partial charge in [-0.3, -0.25) is 4.79 Å². The fraction of sp³-hybridized carbons (Fsp3) is 0.235. The average molecular weight is 371 g/mol. The number of esters is 1. The van der Waals surface area contributed by atoms with Crippen LogP contribution in [0.25, 0.3) is 0 Å². The molecule has 0 aliphatic heterocycles. The lowest BCUT2D eigenvalue weighted by Gasteiger charge is -2.09. The number of nitrogens with zero attached hydrogens (tertiary/aromatic N) is 3. The predicted octanol–water partition coefficient (Wildman–Crippen LogP) is 1.62. The van der Waals surface area contributed by atoms with E-state index in [1.165, 1.54) is 13.0 Å². The van der Waals surface area contributed by atoms with Gasteiger partial charge in [-0.25, -0.2) is 9.78 Å². The van der Waals surface area contributed by atoms with E-state index in [-0.39, 0.29) is 29.0 Å². The predicted molar refractivity (Wildman–Crippen MR) is 101 cm³/mol. The average Bonchev–Trinajstić information content (AvgIpc) is 2.61. The van der Waals surface area contributed by atoms with Crippen LogP contribution in [0.3, 0.4) is 0 Å². The molecule has 2 rings (SSSR count). The molecule has 0 bridgehead atoms. The molecule has 1 amide bonds. The summed E-state index contributed by atoms with van der Waals surface area (Å²) in [6, 6.07) is 8.21. The zero-order valence-electron chi connectivity index (χ0n) is 14.9. The van der Waals surface area contributed by atoms with E-state index in [2.05, 4.69) is 20.5 Å². The van der Waals surface area contributed by atoms with E-state index in [0.29, 0.717) is 5.69 Å². The van der Waals surface area contributed by atoms with Gasteiger partial charge >= 0.3 is 5.97 Å². The Morgan fingerprint density at radius 1 is 1.04 bits per heavy atom. The molecule has 2 aromatic rings. The number of nitrogens with two attached hydrogens (primary N) is 3. The second-order valence-electron chi connectivity index (χ2n) is 5.76. The molecule has 7 N–H and O–H groups in total. The number of hydrogen-bond acceptors (Lipinski definition) is 9. The van der Waals surface area contributed by atoms with Crippen molar-refractivity contribution in [3.63, 3.8) is 0 Å². The number of aromatic nitrogens is 1. The van der Waals surface area contributed by atoms with Gasteiger partial charge in [-0.05, 0) is 38.1 Å². The van der Waals surface area contributed by atoms with Gasteiger partial charge in [0.1, 0.15) is 23.2 Å². The van der Waals surface area contributed by atoms with E-state index >= 15 is 0 Å². The fourth-order valence-corrected chi connectivity index (χ4v) is 1.80. The molecule has 1 aromatic carbocycles. The first-order valence-corrected chi connectivity index (χ1v) is 8.09. The molecule has 0 fully saturated rings. The lowest BCUT2D eigenvalue weighted by atomic mass is 10.3. The molecule has 2 atom stereocenters. The van der Waals surface area contributed by atoms with Crippen LogP contribution in [0.4, 0.5) is 23.0 Å².